The lowest BCUT2D eigenvalue weighted by Gasteiger charge is -2.28. The number of nitrogens with one attached hydrogen (secondary N) is 1. The van der Waals surface area contributed by atoms with Crippen molar-refractivity contribution in [2.45, 2.75) is 23.1 Å². The number of benzene rings is 1. The summed E-state index contributed by atoms with van der Waals surface area (Å²) in [5.41, 5.74) is 0.977. The molecule has 1 fully saturated rings. The maximum absolute atomic E-state index is 12.4. The highest BCUT2D eigenvalue weighted by atomic mass is 35.5. The van der Waals surface area contributed by atoms with Gasteiger partial charge in [-0.1, -0.05) is 35.9 Å². The molecule has 0 radical (unpaired) electrons. The largest absolute Gasteiger partial charge is 0.295 e. The van der Waals surface area contributed by atoms with Gasteiger partial charge in [0.2, 0.25) is 10.0 Å². The van der Waals surface area contributed by atoms with Gasteiger partial charge in [-0.15, -0.1) is 11.3 Å². The lowest BCUT2D eigenvalue weighted by molar-refractivity contribution is 0.246. The molecule has 2 aromatic rings. The number of nitrogens with zero attached hydrogens (tertiary/aromatic N) is 1. The van der Waals surface area contributed by atoms with Crippen molar-refractivity contribution in [3.8, 4) is 0 Å². The van der Waals surface area contributed by atoms with Crippen LogP contribution in [0.1, 0.15) is 24.4 Å². The van der Waals surface area contributed by atoms with Gasteiger partial charge in [0.05, 0.1) is 0 Å². The van der Waals surface area contributed by atoms with Gasteiger partial charge in [0.25, 0.3) is 0 Å². The van der Waals surface area contributed by atoms with Gasteiger partial charge in [-0.3, -0.25) is 4.90 Å². The van der Waals surface area contributed by atoms with Gasteiger partial charge < -0.3 is 0 Å². The van der Waals surface area contributed by atoms with Crippen LogP contribution in [0.25, 0.3) is 0 Å². The van der Waals surface area contributed by atoms with Crippen LogP contribution in [0.15, 0.2) is 46.0 Å². The molecule has 1 aliphatic rings. The molecule has 2 heterocycles. The van der Waals surface area contributed by atoms with Crippen molar-refractivity contribution in [1.82, 2.24) is 9.62 Å². The molecule has 124 valence electrons. The van der Waals surface area contributed by atoms with Crippen molar-refractivity contribution in [1.29, 1.82) is 0 Å². The summed E-state index contributed by atoms with van der Waals surface area (Å²) < 4.78 is 27.8. The third kappa shape index (κ3) is 3.95. The molecule has 1 aromatic heterocycles. The first-order chi connectivity index (χ1) is 11.1. The lowest BCUT2D eigenvalue weighted by Crippen LogP contribution is -2.36. The molecule has 1 atom stereocenters. The number of hydrogen-bond acceptors (Lipinski definition) is 4. The lowest BCUT2D eigenvalue weighted by atomic mass is 10.1. The number of rotatable bonds is 6. The molecule has 23 heavy (non-hydrogen) atoms. The zero-order chi connectivity index (χ0) is 16.3. The number of hydrogen-bond donors (Lipinski definition) is 1. The van der Waals surface area contributed by atoms with Crippen LogP contribution in [-0.2, 0) is 10.0 Å². The Morgan fingerprint density at radius 3 is 2.57 bits per heavy atom. The van der Waals surface area contributed by atoms with Crippen LogP contribution in [0.4, 0.5) is 0 Å². The molecule has 0 spiro atoms. The zero-order valence-electron chi connectivity index (χ0n) is 12.6. The van der Waals surface area contributed by atoms with Crippen molar-refractivity contribution in [2.24, 2.45) is 0 Å². The zero-order valence-corrected chi connectivity index (χ0v) is 15.0. The Morgan fingerprint density at radius 1 is 1.17 bits per heavy atom. The van der Waals surface area contributed by atoms with Crippen LogP contribution in [0.2, 0.25) is 5.02 Å². The van der Waals surface area contributed by atoms with Crippen molar-refractivity contribution in [3.63, 3.8) is 0 Å². The number of thiophene rings is 1. The molecular formula is C16H19ClN2O2S2. The van der Waals surface area contributed by atoms with E-state index in [1.165, 1.54) is 11.3 Å². The Bertz CT molecular complexity index is 741. The van der Waals surface area contributed by atoms with Crippen LogP contribution in [0, 0.1) is 0 Å². The minimum absolute atomic E-state index is 0.0408. The average molecular weight is 371 g/mol. The van der Waals surface area contributed by atoms with Gasteiger partial charge in [0.1, 0.15) is 4.21 Å². The van der Waals surface area contributed by atoms with Gasteiger partial charge in [-0.05, 0) is 49.0 Å². The summed E-state index contributed by atoms with van der Waals surface area (Å²) in [4.78, 5) is 2.30. The number of likely N-dealkylation sites (tertiary alicyclic amines) is 1. The first-order valence-electron chi connectivity index (χ1n) is 7.59. The smallest absolute Gasteiger partial charge is 0.250 e. The van der Waals surface area contributed by atoms with E-state index in [-0.39, 0.29) is 6.04 Å². The Kier molecular flexibility index (Phi) is 5.38. The Hall–Kier alpha value is -0.920. The summed E-state index contributed by atoms with van der Waals surface area (Å²) >= 11 is 7.57. The summed E-state index contributed by atoms with van der Waals surface area (Å²) in [6.07, 6.45) is 2.28. The molecule has 1 aromatic carbocycles. The van der Waals surface area contributed by atoms with E-state index in [2.05, 4.69) is 9.62 Å². The van der Waals surface area contributed by atoms with E-state index in [1.807, 2.05) is 24.3 Å². The molecule has 4 nitrogen and oxygen atoms in total. The van der Waals surface area contributed by atoms with Crippen LogP contribution in [0.5, 0.6) is 0 Å². The topological polar surface area (TPSA) is 49.4 Å². The van der Waals surface area contributed by atoms with Crippen LogP contribution < -0.4 is 4.72 Å². The van der Waals surface area contributed by atoms with Crippen LogP contribution in [-0.4, -0.2) is 33.0 Å². The number of halogens is 1. The Balaban J connectivity index is 1.81. The van der Waals surface area contributed by atoms with E-state index in [1.54, 1.807) is 17.5 Å². The summed E-state index contributed by atoms with van der Waals surface area (Å²) in [6, 6.07) is 11.0. The Labute approximate surface area is 146 Å². The van der Waals surface area contributed by atoms with E-state index in [4.69, 9.17) is 11.6 Å². The van der Waals surface area contributed by atoms with E-state index in [0.29, 0.717) is 15.8 Å². The van der Waals surface area contributed by atoms with Crippen molar-refractivity contribution in [3.05, 3.63) is 52.4 Å². The fourth-order valence-electron chi connectivity index (χ4n) is 2.91. The molecule has 1 saturated heterocycles. The molecule has 1 N–H and O–H groups in total. The maximum atomic E-state index is 12.4. The summed E-state index contributed by atoms with van der Waals surface area (Å²) in [6.45, 7) is 2.26. The maximum Gasteiger partial charge on any atom is 0.250 e. The van der Waals surface area contributed by atoms with Gasteiger partial charge in [0.15, 0.2) is 0 Å². The van der Waals surface area contributed by atoms with E-state index in [9.17, 15) is 8.42 Å². The molecular weight excluding hydrogens is 352 g/mol. The van der Waals surface area contributed by atoms with Crippen molar-refractivity contribution < 1.29 is 8.42 Å². The fraction of sp³-hybridized carbons (Fsp3) is 0.375. The normalized spacial score (nSPS) is 17.4. The summed E-state index contributed by atoms with van der Waals surface area (Å²) in [7, 11) is -3.46. The average Bonchev–Trinajstić information content (AvgIpc) is 3.23. The summed E-state index contributed by atoms with van der Waals surface area (Å²) in [5, 5.41) is 2.44. The quantitative estimate of drug-likeness (QED) is 0.846. The van der Waals surface area contributed by atoms with Gasteiger partial charge in [-0.2, -0.15) is 0 Å². The molecule has 0 aliphatic carbocycles. The highest BCUT2D eigenvalue weighted by molar-refractivity contribution is 7.91. The minimum Gasteiger partial charge on any atom is -0.295 e. The highest BCUT2D eigenvalue weighted by Gasteiger charge is 2.27. The van der Waals surface area contributed by atoms with Crippen LogP contribution in [0.3, 0.4) is 0 Å². The third-order valence-electron chi connectivity index (χ3n) is 4.07. The van der Waals surface area contributed by atoms with Crippen LogP contribution >= 0.6 is 22.9 Å². The first-order valence-corrected chi connectivity index (χ1v) is 10.3. The van der Waals surface area contributed by atoms with Gasteiger partial charge >= 0.3 is 0 Å². The second-order valence-corrected chi connectivity index (χ2v) is 8.91. The first kappa shape index (κ1) is 16.9. The molecule has 7 heteroatoms. The van der Waals surface area contributed by atoms with E-state index in [0.717, 1.165) is 31.5 Å². The van der Waals surface area contributed by atoms with Gasteiger partial charge in [0, 0.05) is 17.6 Å². The van der Waals surface area contributed by atoms with E-state index >= 15 is 0 Å². The second-order valence-electron chi connectivity index (χ2n) is 5.56. The molecule has 1 unspecified atom stereocenters. The molecule has 0 saturated carbocycles. The molecule has 3 rings (SSSR count). The van der Waals surface area contributed by atoms with Crippen molar-refractivity contribution >= 4 is 33.0 Å². The summed E-state index contributed by atoms with van der Waals surface area (Å²) in [5.74, 6) is 0. The standard InChI is InChI=1S/C16H19ClN2O2S2/c17-14-7-2-1-6-13(14)15(19-9-3-4-10-19)12-18-23(20,21)16-8-5-11-22-16/h1-2,5-8,11,15,18H,3-4,9-10,12H2. The van der Waals surface area contributed by atoms with E-state index < -0.39 is 10.0 Å². The molecule has 1 aliphatic heterocycles. The molecule has 0 amide bonds. The van der Waals surface area contributed by atoms with Gasteiger partial charge in [-0.25, -0.2) is 13.1 Å². The second kappa shape index (κ2) is 7.32. The predicted octanol–water partition coefficient (Wildman–Crippen LogP) is 3.52. The highest BCUT2D eigenvalue weighted by Crippen LogP contribution is 2.30. The third-order valence-corrected chi connectivity index (χ3v) is 7.24. The SMILES string of the molecule is O=S(=O)(NCC(c1ccccc1Cl)N1CCCC1)c1cccs1. The minimum atomic E-state index is -3.46. The fourth-order valence-corrected chi connectivity index (χ4v) is 5.25. The van der Waals surface area contributed by atoms with Crippen molar-refractivity contribution in [2.75, 3.05) is 19.6 Å². The predicted molar refractivity (Wildman–Crippen MR) is 94.5 cm³/mol. The molecule has 0 bridgehead atoms. The Morgan fingerprint density at radius 2 is 1.91 bits per heavy atom. The number of sulfonamides is 1. The monoisotopic (exact) mass is 370 g/mol.